The van der Waals surface area contributed by atoms with Crippen LogP contribution in [0.2, 0.25) is 5.15 Å². The van der Waals surface area contributed by atoms with Gasteiger partial charge in [0.2, 0.25) is 0 Å². The van der Waals surface area contributed by atoms with Gasteiger partial charge in [-0.25, -0.2) is 13.8 Å². The quantitative estimate of drug-likeness (QED) is 0.665. The van der Waals surface area contributed by atoms with Crippen LogP contribution in [0, 0.1) is 11.6 Å². The Hall–Kier alpha value is -0.740. The summed E-state index contributed by atoms with van der Waals surface area (Å²) in [5.41, 5.74) is 0. The molecule has 2 rings (SSSR count). The van der Waals surface area contributed by atoms with E-state index >= 15 is 0 Å². The van der Waals surface area contributed by atoms with Crippen molar-refractivity contribution in [2.24, 2.45) is 0 Å². The van der Waals surface area contributed by atoms with Crippen LogP contribution in [-0.4, -0.2) is 4.98 Å². The molecule has 1 aromatic heterocycles. The molecule has 1 nitrogen and oxygen atoms in total. The number of benzene rings is 1. The lowest BCUT2D eigenvalue weighted by Crippen LogP contribution is -1.89. The molecule has 0 radical (unpaired) electrons. The van der Waals surface area contributed by atoms with Crippen LogP contribution in [0.5, 0.6) is 0 Å². The molecule has 0 aliphatic heterocycles. The lowest BCUT2D eigenvalue weighted by Gasteiger charge is -2.03. The van der Waals surface area contributed by atoms with Crippen molar-refractivity contribution in [1.29, 1.82) is 0 Å². The number of hydrogen-bond donors (Lipinski definition) is 0. The van der Waals surface area contributed by atoms with Crippen LogP contribution in [0.4, 0.5) is 8.78 Å². The molecule has 0 spiro atoms. The molecule has 14 heavy (non-hydrogen) atoms. The highest BCUT2D eigenvalue weighted by Crippen LogP contribution is 2.30. The summed E-state index contributed by atoms with van der Waals surface area (Å²) < 4.78 is 26.9. The summed E-state index contributed by atoms with van der Waals surface area (Å²) in [6, 6.07) is 2.98. The molecule has 72 valence electrons. The summed E-state index contributed by atoms with van der Waals surface area (Å²) in [6.07, 6.45) is 0.903. The molecule has 0 saturated heterocycles. The molecule has 1 heterocycles. The van der Waals surface area contributed by atoms with Crippen LogP contribution in [-0.2, 0) is 0 Å². The molecule has 0 aliphatic carbocycles. The lowest BCUT2D eigenvalue weighted by atomic mass is 10.1. The predicted molar refractivity (Wildman–Crippen MR) is 54.4 cm³/mol. The topological polar surface area (TPSA) is 12.9 Å². The normalized spacial score (nSPS) is 10.9. The second-order valence-corrected chi connectivity index (χ2v) is 3.89. The van der Waals surface area contributed by atoms with E-state index in [4.69, 9.17) is 11.6 Å². The Balaban J connectivity index is 3.01. The van der Waals surface area contributed by atoms with Crippen molar-refractivity contribution < 1.29 is 8.78 Å². The molecule has 0 unspecified atom stereocenters. The van der Waals surface area contributed by atoms with Crippen molar-refractivity contribution in [3.8, 4) is 0 Å². The number of fused-ring (bicyclic) bond motifs is 1. The summed E-state index contributed by atoms with van der Waals surface area (Å²) in [6.45, 7) is 0. The minimum absolute atomic E-state index is 0.0906. The average molecular weight is 278 g/mol. The van der Waals surface area contributed by atoms with Gasteiger partial charge in [0.15, 0.2) is 5.82 Å². The van der Waals surface area contributed by atoms with E-state index in [0.717, 1.165) is 6.20 Å². The average Bonchev–Trinajstić information content (AvgIpc) is 2.16. The number of halogens is 4. The molecule has 0 amide bonds. The third kappa shape index (κ3) is 1.38. The summed E-state index contributed by atoms with van der Waals surface area (Å²) in [5.74, 6) is -1.38. The van der Waals surface area contributed by atoms with Crippen LogP contribution < -0.4 is 0 Å². The smallest absolute Gasteiger partial charge is 0.152 e. The Labute approximate surface area is 91.8 Å². The standard InChI is InChI=1S/C9H3BrClF2N/c10-5-2-1-4-7(8(5)13)6(12)3-14-9(4)11/h1-3H. The van der Waals surface area contributed by atoms with Crippen molar-refractivity contribution in [1.82, 2.24) is 4.98 Å². The van der Waals surface area contributed by atoms with Gasteiger partial charge in [-0.05, 0) is 28.1 Å². The molecule has 2 aromatic rings. The van der Waals surface area contributed by atoms with Crippen LogP contribution in [0.3, 0.4) is 0 Å². The molecule has 0 atom stereocenters. The zero-order chi connectivity index (χ0) is 10.3. The van der Waals surface area contributed by atoms with Gasteiger partial charge in [-0.15, -0.1) is 0 Å². The molecule has 0 bridgehead atoms. The van der Waals surface area contributed by atoms with Crippen molar-refractivity contribution in [2.45, 2.75) is 0 Å². The molecule has 1 aromatic carbocycles. The molecular weight excluding hydrogens is 275 g/mol. The molecular formula is C9H3BrClF2N. The maximum absolute atomic E-state index is 13.5. The van der Waals surface area contributed by atoms with Gasteiger partial charge in [0.1, 0.15) is 11.0 Å². The van der Waals surface area contributed by atoms with Gasteiger partial charge in [0.05, 0.1) is 16.1 Å². The number of rotatable bonds is 0. The van der Waals surface area contributed by atoms with Crippen molar-refractivity contribution >= 4 is 38.3 Å². The number of nitrogens with zero attached hydrogens (tertiary/aromatic N) is 1. The first-order valence-electron chi connectivity index (χ1n) is 3.69. The van der Waals surface area contributed by atoms with E-state index < -0.39 is 11.6 Å². The fourth-order valence-corrected chi connectivity index (χ4v) is 1.74. The monoisotopic (exact) mass is 277 g/mol. The van der Waals surface area contributed by atoms with E-state index in [2.05, 4.69) is 20.9 Å². The van der Waals surface area contributed by atoms with Gasteiger partial charge in [-0.1, -0.05) is 11.6 Å². The first kappa shape index (κ1) is 9.80. The molecule has 0 fully saturated rings. The zero-order valence-corrected chi connectivity index (χ0v) is 9.03. The first-order valence-corrected chi connectivity index (χ1v) is 4.86. The summed E-state index contributed by atoms with van der Waals surface area (Å²) >= 11 is 8.66. The van der Waals surface area contributed by atoms with Gasteiger partial charge in [0, 0.05) is 5.39 Å². The maximum Gasteiger partial charge on any atom is 0.152 e. The van der Waals surface area contributed by atoms with E-state index in [9.17, 15) is 8.78 Å². The maximum atomic E-state index is 13.5. The van der Waals surface area contributed by atoms with E-state index in [1.165, 1.54) is 12.1 Å². The molecule has 0 N–H and O–H groups in total. The lowest BCUT2D eigenvalue weighted by molar-refractivity contribution is 0.601. The van der Waals surface area contributed by atoms with E-state index in [-0.39, 0.29) is 20.4 Å². The van der Waals surface area contributed by atoms with Crippen molar-refractivity contribution in [2.75, 3.05) is 0 Å². The zero-order valence-electron chi connectivity index (χ0n) is 6.69. The Morgan fingerprint density at radius 3 is 2.71 bits per heavy atom. The van der Waals surface area contributed by atoms with Crippen LogP contribution in [0.25, 0.3) is 10.8 Å². The summed E-state index contributed by atoms with van der Waals surface area (Å²) in [4.78, 5) is 3.59. The highest BCUT2D eigenvalue weighted by Gasteiger charge is 2.12. The SMILES string of the molecule is Fc1cnc(Cl)c2ccc(Br)c(F)c12. The third-order valence-electron chi connectivity index (χ3n) is 1.85. The van der Waals surface area contributed by atoms with E-state index in [1.807, 2.05) is 0 Å². The highest BCUT2D eigenvalue weighted by molar-refractivity contribution is 9.10. The van der Waals surface area contributed by atoms with Gasteiger partial charge < -0.3 is 0 Å². The summed E-state index contributed by atoms with van der Waals surface area (Å²) in [5, 5.41) is 0.222. The van der Waals surface area contributed by atoms with Gasteiger partial charge >= 0.3 is 0 Å². The Morgan fingerprint density at radius 2 is 2.00 bits per heavy atom. The van der Waals surface area contributed by atoms with Crippen molar-refractivity contribution in [3.05, 3.63) is 39.6 Å². The Morgan fingerprint density at radius 1 is 1.29 bits per heavy atom. The Bertz CT molecular complexity index is 516. The second kappa shape index (κ2) is 3.44. The van der Waals surface area contributed by atoms with Crippen molar-refractivity contribution in [3.63, 3.8) is 0 Å². The van der Waals surface area contributed by atoms with Crippen LogP contribution in [0.1, 0.15) is 0 Å². The predicted octanol–water partition coefficient (Wildman–Crippen LogP) is 3.93. The Kier molecular flexibility index (Phi) is 2.41. The first-order chi connectivity index (χ1) is 6.61. The number of aromatic nitrogens is 1. The highest BCUT2D eigenvalue weighted by atomic mass is 79.9. The fraction of sp³-hybridized carbons (Fsp3) is 0. The number of hydrogen-bond acceptors (Lipinski definition) is 1. The third-order valence-corrected chi connectivity index (χ3v) is 2.76. The molecule has 5 heteroatoms. The van der Waals surface area contributed by atoms with Gasteiger partial charge in [-0.2, -0.15) is 0 Å². The minimum Gasteiger partial charge on any atom is -0.241 e. The largest absolute Gasteiger partial charge is 0.241 e. The van der Waals surface area contributed by atoms with Crippen LogP contribution >= 0.6 is 27.5 Å². The van der Waals surface area contributed by atoms with Gasteiger partial charge in [0.25, 0.3) is 0 Å². The summed E-state index contributed by atoms with van der Waals surface area (Å²) in [7, 11) is 0. The van der Waals surface area contributed by atoms with E-state index in [1.54, 1.807) is 0 Å². The van der Waals surface area contributed by atoms with Crippen LogP contribution in [0.15, 0.2) is 22.8 Å². The van der Waals surface area contributed by atoms with Gasteiger partial charge in [-0.3, -0.25) is 0 Å². The molecule has 0 aliphatic rings. The fourth-order valence-electron chi connectivity index (χ4n) is 1.20. The molecule has 0 saturated carbocycles. The minimum atomic E-state index is -0.719. The van der Waals surface area contributed by atoms with E-state index in [0.29, 0.717) is 0 Å². The number of pyridine rings is 1. The second-order valence-electron chi connectivity index (χ2n) is 2.68.